The maximum atomic E-state index is 11.4. The number of esters is 1. The first kappa shape index (κ1) is 9.39. The molecular formula is C10H9N3O2. The lowest BCUT2D eigenvalue weighted by atomic mass is 10.2. The van der Waals surface area contributed by atoms with Crippen LogP contribution in [0.1, 0.15) is 10.4 Å². The van der Waals surface area contributed by atoms with Crippen molar-refractivity contribution in [3.05, 3.63) is 42.5 Å². The van der Waals surface area contributed by atoms with Gasteiger partial charge in [-0.25, -0.2) is 14.5 Å². The van der Waals surface area contributed by atoms with Crippen LogP contribution in [0.15, 0.2) is 36.9 Å². The number of aromatic nitrogens is 3. The van der Waals surface area contributed by atoms with Crippen molar-refractivity contribution in [1.82, 2.24) is 14.8 Å². The quantitative estimate of drug-likeness (QED) is 0.684. The molecular weight excluding hydrogens is 194 g/mol. The Morgan fingerprint density at radius 1 is 1.40 bits per heavy atom. The first-order valence-corrected chi connectivity index (χ1v) is 4.35. The number of ether oxygens (including phenoxy) is 1. The monoisotopic (exact) mass is 203 g/mol. The zero-order valence-electron chi connectivity index (χ0n) is 8.12. The third-order valence-electron chi connectivity index (χ3n) is 1.97. The second-order valence-electron chi connectivity index (χ2n) is 2.85. The van der Waals surface area contributed by atoms with Crippen LogP contribution >= 0.6 is 0 Å². The SMILES string of the molecule is COC(=O)c1ccccc1-n1cncn1. The molecule has 2 aromatic rings. The smallest absolute Gasteiger partial charge is 0.340 e. The van der Waals surface area contributed by atoms with Gasteiger partial charge in [0.25, 0.3) is 0 Å². The van der Waals surface area contributed by atoms with Gasteiger partial charge < -0.3 is 4.74 Å². The summed E-state index contributed by atoms with van der Waals surface area (Å²) in [4.78, 5) is 15.3. The van der Waals surface area contributed by atoms with E-state index in [1.54, 1.807) is 18.2 Å². The molecule has 76 valence electrons. The molecule has 0 aliphatic rings. The Balaban J connectivity index is 2.52. The van der Waals surface area contributed by atoms with E-state index in [4.69, 9.17) is 0 Å². The standard InChI is InChI=1S/C10H9N3O2/c1-15-10(14)8-4-2-3-5-9(8)13-7-11-6-12-13/h2-7H,1H3. The number of hydrogen-bond acceptors (Lipinski definition) is 4. The van der Waals surface area contributed by atoms with Gasteiger partial charge in [0.15, 0.2) is 0 Å². The van der Waals surface area contributed by atoms with Crippen LogP contribution in [-0.4, -0.2) is 27.8 Å². The third kappa shape index (κ3) is 1.71. The predicted molar refractivity (Wildman–Crippen MR) is 52.7 cm³/mol. The molecule has 0 aliphatic carbocycles. The average Bonchev–Trinajstić information content (AvgIpc) is 2.81. The minimum absolute atomic E-state index is 0.388. The molecule has 0 saturated carbocycles. The van der Waals surface area contributed by atoms with E-state index in [0.29, 0.717) is 11.3 Å². The Kier molecular flexibility index (Phi) is 2.45. The van der Waals surface area contributed by atoms with Crippen molar-refractivity contribution >= 4 is 5.97 Å². The van der Waals surface area contributed by atoms with Crippen molar-refractivity contribution in [1.29, 1.82) is 0 Å². The topological polar surface area (TPSA) is 57.0 Å². The normalized spacial score (nSPS) is 9.93. The highest BCUT2D eigenvalue weighted by molar-refractivity contribution is 5.93. The molecule has 1 heterocycles. The first-order chi connectivity index (χ1) is 7.33. The van der Waals surface area contributed by atoms with E-state index in [1.165, 1.54) is 24.4 Å². The number of carbonyl (C=O) groups excluding carboxylic acids is 1. The summed E-state index contributed by atoms with van der Waals surface area (Å²) < 4.78 is 6.19. The largest absolute Gasteiger partial charge is 0.465 e. The van der Waals surface area contributed by atoms with Gasteiger partial charge in [0, 0.05) is 0 Å². The highest BCUT2D eigenvalue weighted by Gasteiger charge is 2.12. The van der Waals surface area contributed by atoms with E-state index in [0.717, 1.165) is 0 Å². The Bertz CT molecular complexity index is 465. The maximum absolute atomic E-state index is 11.4. The van der Waals surface area contributed by atoms with E-state index in [-0.39, 0.29) is 5.97 Å². The molecule has 15 heavy (non-hydrogen) atoms. The molecule has 1 aromatic carbocycles. The summed E-state index contributed by atoms with van der Waals surface area (Å²) in [5.74, 6) is -0.388. The van der Waals surface area contributed by atoms with Gasteiger partial charge in [-0.15, -0.1) is 0 Å². The van der Waals surface area contributed by atoms with Gasteiger partial charge in [-0.3, -0.25) is 0 Å². The lowest BCUT2D eigenvalue weighted by Crippen LogP contribution is -2.07. The molecule has 0 radical (unpaired) electrons. The van der Waals surface area contributed by atoms with Crippen LogP contribution in [0, 0.1) is 0 Å². The summed E-state index contributed by atoms with van der Waals surface area (Å²) in [5.41, 5.74) is 1.12. The van der Waals surface area contributed by atoms with E-state index < -0.39 is 0 Å². The van der Waals surface area contributed by atoms with Gasteiger partial charge in [-0.05, 0) is 12.1 Å². The van der Waals surface area contributed by atoms with Crippen LogP contribution < -0.4 is 0 Å². The number of para-hydroxylation sites is 1. The van der Waals surface area contributed by atoms with Crippen molar-refractivity contribution in [2.24, 2.45) is 0 Å². The predicted octanol–water partition coefficient (Wildman–Crippen LogP) is 1.05. The van der Waals surface area contributed by atoms with Crippen LogP contribution in [0.5, 0.6) is 0 Å². The molecule has 1 aromatic heterocycles. The second kappa shape index (κ2) is 3.91. The summed E-state index contributed by atoms with van der Waals surface area (Å²) in [6.45, 7) is 0. The first-order valence-electron chi connectivity index (χ1n) is 4.35. The summed E-state index contributed by atoms with van der Waals surface area (Å²) >= 11 is 0. The third-order valence-corrected chi connectivity index (χ3v) is 1.97. The fourth-order valence-corrected chi connectivity index (χ4v) is 1.29. The van der Waals surface area contributed by atoms with E-state index in [9.17, 15) is 4.79 Å². The van der Waals surface area contributed by atoms with E-state index in [2.05, 4.69) is 14.8 Å². The number of methoxy groups -OCH3 is 1. The van der Waals surface area contributed by atoms with Crippen LogP contribution in [0.2, 0.25) is 0 Å². The van der Waals surface area contributed by atoms with Crippen LogP contribution in [0.4, 0.5) is 0 Å². The van der Waals surface area contributed by atoms with Crippen molar-refractivity contribution in [3.8, 4) is 5.69 Å². The number of rotatable bonds is 2. The number of hydrogen-bond donors (Lipinski definition) is 0. The fourth-order valence-electron chi connectivity index (χ4n) is 1.29. The fraction of sp³-hybridized carbons (Fsp3) is 0.100. The maximum Gasteiger partial charge on any atom is 0.340 e. The molecule has 0 bridgehead atoms. The molecule has 0 atom stereocenters. The van der Waals surface area contributed by atoms with Gasteiger partial charge in [0.05, 0.1) is 18.4 Å². The summed E-state index contributed by atoms with van der Waals surface area (Å²) in [7, 11) is 1.35. The summed E-state index contributed by atoms with van der Waals surface area (Å²) in [5, 5.41) is 3.96. The van der Waals surface area contributed by atoms with Crippen LogP contribution in [-0.2, 0) is 4.74 Å². The van der Waals surface area contributed by atoms with Crippen molar-refractivity contribution in [2.75, 3.05) is 7.11 Å². The van der Waals surface area contributed by atoms with Gasteiger partial charge >= 0.3 is 5.97 Å². The number of nitrogens with zero attached hydrogens (tertiary/aromatic N) is 3. The molecule has 0 aliphatic heterocycles. The van der Waals surface area contributed by atoms with E-state index >= 15 is 0 Å². The van der Waals surface area contributed by atoms with Crippen molar-refractivity contribution in [3.63, 3.8) is 0 Å². The minimum Gasteiger partial charge on any atom is -0.465 e. The van der Waals surface area contributed by atoms with Crippen LogP contribution in [0.3, 0.4) is 0 Å². The lowest BCUT2D eigenvalue weighted by Gasteiger charge is -2.06. The van der Waals surface area contributed by atoms with E-state index in [1.807, 2.05) is 6.07 Å². The summed E-state index contributed by atoms with van der Waals surface area (Å²) in [6.07, 6.45) is 2.94. The lowest BCUT2D eigenvalue weighted by molar-refractivity contribution is 0.0600. The Morgan fingerprint density at radius 2 is 2.20 bits per heavy atom. The highest BCUT2D eigenvalue weighted by atomic mass is 16.5. The summed E-state index contributed by atoms with van der Waals surface area (Å²) in [6, 6.07) is 7.06. The van der Waals surface area contributed by atoms with Gasteiger partial charge in [0.1, 0.15) is 12.7 Å². The minimum atomic E-state index is -0.388. The highest BCUT2D eigenvalue weighted by Crippen LogP contribution is 2.13. The molecule has 5 heteroatoms. The zero-order chi connectivity index (χ0) is 10.7. The molecule has 0 amide bonds. The van der Waals surface area contributed by atoms with Gasteiger partial charge in [-0.1, -0.05) is 12.1 Å². The Hall–Kier alpha value is -2.17. The van der Waals surface area contributed by atoms with Crippen LogP contribution in [0.25, 0.3) is 5.69 Å². The van der Waals surface area contributed by atoms with Crippen molar-refractivity contribution < 1.29 is 9.53 Å². The number of benzene rings is 1. The molecule has 0 saturated heterocycles. The average molecular weight is 203 g/mol. The zero-order valence-corrected chi connectivity index (χ0v) is 8.12. The molecule has 0 fully saturated rings. The molecule has 0 unspecified atom stereocenters. The molecule has 0 spiro atoms. The van der Waals surface area contributed by atoms with Crippen molar-refractivity contribution in [2.45, 2.75) is 0 Å². The number of carbonyl (C=O) groups is 1. The Labute approximate surface area is 86.3 Å². The molecule has 5 nitrogen and oxygen atoms in total. The molecule has 2 rings (SSSR count). The van der Waals surface area contributed by atoms with Gasteiger partial charge in [-0.2, -0.15) is 5.10 Å². The molecule has 0 N–H and O–H groups in total. The second-order valence-corrected chi connectivity index (χ2v) is 2.85. The van der Waals surface area contributed by atoms with Gasteiger partial charge in [0.2, 0.25) is 0 Å². The Morgan fingerprint density at radius 3 is 2.87 bits per heavy atom.